The number of hydrogen-bond acceptors (Lipinski definition) is 4. The predicted molar refractivity (Wildman–Crippen MR) is 53.9 cm³/mol. The molecule has 0 fully saturated rings. The predicted octanol–water partition coefficient (Wildman–Crippen LogP) is -1.15. The van der Waals surface area contributed by atoms with Gasteiger partial charge < -0.3 is 20.8 Å². The molecule has 0 radical (unpaired) electrons. The van der Waals surface area contributed by atoms with E-state index in [9.17, 15) is 9.90 Å². The van der Waals surface area contributed by atoms with Crippen molar-refractivity contribution >= 4 is 5.91 Å². The van der Waals surface area contributed by atoms with Crippen LogP contribution in [0.5, 0.6) is 0 Å². The Morgan fingerprint density at radius 2 is 2.14 bits per heavy atom. The van der Waals surface area contributed by atoms with Crippen molar-refractivity contribution in [3.63, 3.8) is 0 Å². The Balaban J connectivity index is 3.42. The monoisotopic (exact) mass is 204 g/mol. The zero-order valence-electron chi connectivity index (χ0n) is 8.84. The summed E-state index contributed by atoms with van der Waals surface area (Å²) >= 11 is 0. The second-order valence-corrected chi connectivity index (χ2v) is 3.54. The lowest BCUT2D eigenvalue weighted by molar-refractivity contribution is -0.120. The molecule has 0 saturated carbocycles. The van der Waals surface area contributed by atoms with Crippen LogP contribution in [0.3, 0.4) is 0 Å². The van der Waals surface area contributed by atoms with E-state index in [4.69, 9.17) is 5.11 Å². The van der Waals surface area contributed by atoms with E-state index in [1.165, 1.54) is 6.92 Å². The van der Waals surface area contributed by atoms with Crippen molar-refractivity contribution in [3.8, 4) is 0 Å². The van der Waals surface area contributed by atoms with E-state index in [0.29, 0.717) is 19.5 Å². The molecule has 0 bridgehead atoms. The van der Waals surface area contributed by atoms with Crippen molar-refractivity contribution in [1.29, 1.82) is 0 Å². The van der Waals surface area contributed by atoms with Crippen LogP contribution < -0.4 is 10.6 Å². The minimum absolute atomic E-state index is 0.0105. The third-order valence-electron chi connectivity index (χ3n) is 1.75. The van der Waals surface area contributed by atoms with Crippen LogP contribution in [0.1, 0.15) is 20.3 Å². The molecular weight excluding hydrogens is 184 g/mol. The molecule has 14 heavy (non-hydrogen) atoms. The summed E-state index contributed by atoms with van der Waals surface area (Å²) in [6.07, 6.45) is 0.384. The quantitative estimate of drug-likeness (QED) is 0.395. The Labute approximate surface area is 84.5 Å². The lowest BCUT2D eigenvalue weighted by atomic mass is 10.1. The molecule has 0 aliphatic heterocycles. The van der Waals surface area contributed by atoms with Gasteiger partial charge in [-0.1, -0.05) is 0 Å². The first-order valence-corrected chi connectivity index (χ1v) is 4.82. The van der Waals surface area contributed by atoms with Gasteiger partial charge in [-0.05, 0) is 13.8 Å². The maximum atomic E-state index is 11.0. The summed E-state index contributed by atoms with van der Waals surface area (Å²) in [6.45, 7) is 4.52. The van der Waals surface area contributed by atoms with Gasteiger partial charge in [0.05, 0.1) is 12.2 Å². The highest BCUT2D eigenvalue weighted by molar-refractivity contribution is 5.75. The standard InChI is InChI=1S/C9H20N2O3/c1-3-11-8(13)4-5-10-6-9(2,14)7-12/h10,12,14H,3-7H2,1-2H3,(H,11,13). The van der Waals surface area contributed by atoms with Crippen molar-refractivity contribution in [2.45, 2.75) is 25.9 Å². The smallest absolute Gasteiger partial charge is 0.221 e. The molecule has 5 nitrogen and oxygen atoms in total. The molecule has 0 aromatic rings. The molecule has 84 valence electrons. The molecule has 0 heterocycles. The van der Waals surface area contributed by atoms with E-state index < -0.39 is 5.60 Å². The fourth-order valence-electron chi connectivity index (χ4n) is 0.901. The second-order valence-electron chi connectivity index (χ2n) is 3.54. The first-order chi connectivity index (χ1) is 6.52. The van der Waals surface area contributed by atoms with Crippen molar-refractivity contribution in [1.82, 2.24) is 10.6 Å². The van der Waals surface area contributed by atoms with Gasteiger partial charge in [-0.25, -0.2) is 0 Å². The average Bonchev–Trinajstić information content (AvgIpc) is 2.13. The fourth-order valence-corrected chi connectivity index (χ4v) is 0.901. The van der Waals surface area contributed by atoms with Crippen LogP contribution in [0.15, 0.2) is 0 Å². The molecule has 0 aliphatic carbocycles. The maximum Gasteiger partial charge on any atom is 0.221 e. The average molecular weight is 204 g/mol. The number of nitrogens with one attached hydrogen (secondary N) is 2. The highest BCUT2D eigenvalue weighted by Gasteiger charge is 2.17. The summed E-state index contributed by atoms with van der Waals surface area (Å²) < 4.78 is 0. The summed E-state index contributed by atoms with van der Waals surface area (Å²) in [5.74, 6) is -0.0105. The molecule has 1 atom stereocenters. The van der Waals surface area contributed by atoms with Crippen LogP contribution in [0, 0.1) is 0 Å². The second kappa shape index (κ2) is 6.75. The Morgan fingerprint density at radius 3 is 2.64 bits per heavy atom. The number of carbonyl (C=O) groups excluding carboxylic acids is 1. The van der Waals surface area contributed by atoms with Crippen LogP contribution in [0.25, 0.3) is 0 Å². The van der Waals surface area contributed by atoms with Gasteiger partial charge in [0, 0.05) is 26.1 Å². The Bertz CT molecular complexity index is 171. The third-order valence-corrected chi connectivity index (χ3v) is 1.75. The highest BCUT2D eigenvalue weighted by Crippen LogP contribution is 1.97. The third kappa shape index (κ3) is 6.82. The van der Waals surface area contributed by atoms with E-state index in [0.717, 1.165) is 0 Å². The molecule has 0 spiro atoms. The Morgan fingerprint density at radius 1 is 1.50 bits per heavy atom. The van der Waals surface area contributed by atoms with Gasteiger partial charge in [-0.2, -0.15) is 0 Å². The molecule has 0 rings (SSSR count). The summed E-state index contributed by atoms with van der Waals surface area (Å²) in [4.78, 5) is 11.0. The maximum absolute atomic E-state index is 11.0. The fraction of sp³-hybridized carbons (Fsp3) is 0.889. The summed E-state index contributed by atoms with van der Waals surface area (Å²) in [7, 11) is 0. The van der Waals surface area contributed by atoms with Crippen molar-refractivity contribution < 1.29 is 15.0 Å². The number of amides is 1. The molecule has 0 saturated heterocycles. The first kappa shape index (κ1) is 13.4. The van der Waals surface area contributed by atoms with Gasteiger partial charge in [-0.15, -0.1) is 0 Å². The Hall–Kier alpha value is -0.650. The molecule has 4 N–H and O–H groups in total. The van der Waals surface area contributed by atoms with Crippen LogP contribution in [-0.4, -0.2) is 48.0 Å². The van der Waals surface area contributed by atoms with Crippen molar-refractivity contribution in [2.24, 2.45) is 0 Å². The van der Waals surface area contributed by atoms with Crippen molar-refractivity contribution in [2.75, 3.05) is 26.2 Å². The van der Waals surface area contributed by atoms with Crippen LogP contribution in [0.4, 0.5) is 0 Å². The molecule has 0 aromatic carbocycles. The molecule has 5 heteroatoms. The number of aliphatic hydroxyl groups is 2. The Kier molecular flexibility index (Phi) is 6.44. The zero-order chi connectivity index (χ0) is 11.0. The largest absolute Gasteiger partial charge is 0.393 e. The van der Waals surface area contributed by atoms with Gasteiger partial charge in [-0.3, -0.25) is 4.79 Å². The van der Waals surface area contributed by atoms with E-state index in [1.54, 1.807) is 0 Å². The molecule has 1 amide bonds. The summed E-state index contributed by atoms with van der Waals surface area (Å²) in [5, 5.41) is 23.7. The first-order valence-electron chi connectivity index (χ1n) is 4.82. The highest BCUT2D eigenvalue weighted by atomic mass is 16.3. The van der Waals surface area contributed by atoms with Crippen LogP contribution in [-0.2, 0) is 4.79 Å². The molecule has 0 aromatic heterocycles. The number of hydrogen-bond donors (Lipinski definition) is 4. The molecule has 0 aliphatic rings. The number of rotatable bonds is 7. The van der Waals surface area contributed by atoms with Gasteiger partial charge in [0.25, 0.3) is 0 Å². The van der Waals surface area contributed by atoms with Crippen LogP contribution in [0.2, 0.25) is 0 Å². The summed E-state index contributed by atoms with van der Waals surface area (Å²) in [5.41, 5.74) is -1.11. The van der Waals surface area contributed by atoms with Gasteiger partial charge in [0.15, 0.2) is 0 Å². The SMILES string of the molecule is CCNC(=O)CCNCC(C)(O)CO. The van der Waals surface area contributed by atoms with E-state index in [1.807, 2.05) is 6.92 Å². The van der Waals surface area contributed by atoms with Gasteiger partial charge in [0.2, 0.25) is 5.91 Å². The molecule has 1 unspecified atom stereocenters. The van der Waals surface area contributed by atoms with Gasteiger partial charge >= 0.3 is 0 Å². The molecular formula is C9H20N2O3. The zero-order valence-corrected chi connectivity index (χ0v) is 8.84. The van der Waals surface area contributed by atoms with E-state index in [-0.39, 0.29) is 19.1 Å². The van der Waals surface area contributed by atoms with Crippen molar-refractivity contribution in [3.05, 3.63) is 0 Å². The lowest BCUT2D eigenvalue weighted by Gasteiger charge is -2.20. The number of carbonyl (C=O) groups is 1. The normalized spacial score (nSPS) is 14.9. The van der Waals surface area contributed by atoms with Gasteiger partial charge in [0.1, 0.15) is 0 Å². The van der Waals surface area contributed by atoms with E-state index in [2.05, 4.69) is 10.6 Å². The topological polar surface area (TPSA) is 81.6 Å². The lowest BCUT2D eigenvalue weighted by Crippen LogP contribution is -2.42. The minimum atomic E-state index is -1.11. The number of aliphatic hydroxyl groups excluding tert-OH is 1. The minimum Gasteiger partial charge on any atom is -0.393 e. The van der Waals surface area contributed by atoms with Crippen LogP contribution >= 0.6 is 0 Å². The van der Waals surface area contributed by atoms with E-state index >= 15 is 0 Å². The summed E-state index contributed by atoms with van der Waals surface area (Å²) in [6, 6.07) is 0.